The quantitative estimate of drug-likeness (QED) is 0.818. The first-order chi connectivity index (χ1) is 13.7. The molecule has 2 aliphatic carbocycles. The summed E-state index contributed by atoms with van der Waals surface area (Å²) < 4.78 is 5.39. The van der Waals surface area contributed by atoms with Crippen molar-refractivity contribution >= 4 is 11.7 Å². The number of carboxylic acid groups (broad SMARTS) is 1. The summed E-state index contributed by atoms with van der Waals surface area (Å²) in [6.07, 6.45) is 3.76. The summed E-state index contributed by atoms with van der Waals surface area (Å²) in [6, 6.07) is 15.7. The third kappa shape index (κ3) is 2.63. The Kier molecular flexibility index (Phi) is 4.01. The molecule has 5 nitrogen and oxygen atoms in total. The molecule has 0 aromatic heterocycles. The Bertz CT molecular complexity index is 963. The van der Waals surface area contributed by atoms with Crippen molar-refractivity contribution < 1.29 is 14.6 Å². The SMILES string of the molecule is N#CCOc1ccc([C@@H]2Nc3ccc(C(=O)O)cc3[C@@H]3[C@H]4CC[C@@H](C4)[C@@H]32)cc1. The maximum Gasteiger partial charge on any atom is 0.335 e. The van der Waals surface area contributed by atoms with Crippen molar-refractivity contribution in [2.45, 2.75) is 31.2 Å². The highest BCUT2D eigenvalue weighted by atomic mass is 16.5. The lowest BCUT2D eigenvalue weighted by atomic mass is 9.68. The number of nitrogens with one attached hydrogen (secondary N) is 1. The van der Waals surface area contributed by atoms with E-state index in [4.69, 9.17) is 10.00 Å². The number of rotatable bonds is 4. The molecule has 0 saturated heterocycles. The Morgan fingerprint density at radius 3 is 2.71 bits per heavy atom. The highest BCUT2D eigenvalue weighted by molar-refractivity contribution is 5.88. The van der Waals surface area contributed by atoms with Gasteiger partial charge in [-0.05, 0) is 84.4 Å². The summed E-state index contributed by atoms with van der Waals surface area (Å²) in [7, 11) is 0. The zero-order valence-corrected chi connectivity index (χ0v) is 15.5. The van der Waals surface area contributed by atoms with Gasteiger partial charge in [0.2, 0.25) is 0 Å². The number of carbonyl (C=O) groups is 1. The van der Waals surface area contributed by atoms with Gasteiger partial charge in [0, 0.05) is 5.69 Å². The van der Waals surface area contributed by atoms with Crippen LogP contribution in [0, 0.1) is 29.1 Å². The van der Waals surface area contributed by atoms with Gasteiger partial charge in [-0.15, -0.1) is 0 Å². The van der Waals surface area contributed by atoms with Crippen LogP contribution in [0.2, 0.25) is 0 Å². The monoisotopic (exact) mass is 374 g/mol. The van der Waals surface area contributed by atoms with E-state index in [2.05, 4.69) is 17.4 Å². The molecule has 3 aliphatic rings. The number of ether oxygens (including phenoxy) is 1. The number of hydrogen-bond acceptors (Lipinski definition) is 4. The molecule has 0 unspecified atom stereocenters. The topological polar surface area (TPSA) is 82.3 Å². The molecular formula is C23H22N2O3. The van der Waals surface area contributed by atoms with Crippen LogP contribution in [0.1, 0.15) is 52.7 Å². The third-order valence-corrected chi connectivity index (χ3v) is 6.88. The molecule has 2 bridgehead atoms. The fourth-order valence-corrected chi connectivity index (χ4v) is 5.84. The van der Waals surface area contributed by atoms with E-state index >= 15 is 0 Å². The van der Waals surface area contributed by atoms with Crippen molar-refractivity contribution in [3.05, 3.63) is 59.2 Å². The van der Waals surface area contributed by atoms with E-state index in [1.165, 1.54) is 30.4 Å². The minimum Gasteiger partial charge on any atom is -0.479 e. The fraction of sp³-hybridized carbons (Fsp3) is 0.391. The first-order valence-electron chi connectivity index (χ1n) is 9.89. The number of carboxylic acids is 1. The van der Waals surface area contributed by atoms with Gasteiger partial charge in [0.15, 0.2) is 6.61 Å². The lowest BCUT2D eigenvalue weighted by molar-refractivity contribution is 0.0696. The zero-order valence-electron chi connectivity index (χ0n) is 15.5. The Balaban J connectivity index is 1.52. The van der Waals surface area contributed by atoms with E-state index < -0.39 is 5.97 Å². The van der Waals surface area contributed by atoms with Crippen molar-refractivity contribution in [1.29, 1.82) is 5.26 Å². The van der Waals surface area contributed by atoms with Crippen molar-refractivity contribution in [2.24, 2.45) is 17.8 Å². The molecule has 0 radical (unpaired) electrons. The molecule has 2 aromatic rings. The van der Waals surface area contributed by atoms with Crippen LogP contribution in [-0.2, 0) is 0 Å². The first kappa shape index (κ1) is 17.1. The molecule has 1 heterocycles. The smallest absolute Gasteiger partial charge is 0.335 e. The number of benzene rings is 2. The summed E-state index contributed by atoms with van der Waals surface area (Å²) in [5.74, 6) is 2.09. The highest BCUT2D eigenvalue weighted by Crippen LogP contribution is 2.63. The molecule has 2 N–H and O–H groups in total. The Hall–Kier alpha value is -3.00. The second kappa shape index (κ2) is 6.56. The molecule has 2 fully saturated rings. The maximum absolute atomic E-state index is 11.5. The van der Waals surface area contributed by atoms with Crippen LogP contribution in [0.5, 0.6) is 5.75 Å². The number of anilines is 1. The fourth-order valence-electron chi connectivity index (χ4n) is 5.84. The van der Waals surface area contributed by atoms with Crippen molar-refractivity contribution in [3.8, 4) is 11.8 Å². The molecule has 2 aromatic carbocycles. The van der Waals surface area contributed by atoms with E-state index in [1.54, 1.807) is 6.07 Å². The van der Waals surface area contributed by atoms with Crippen molar-refractivity contribution in [2.75, 3.05) is 11.9 Å². The number of hydrogen-bond donors (Lipinski definition) is 2. The zero-order chi connectivity index (χ0) is 19.3. The second-order valence-electron chi connectivity index (χ2n) is 8.18. The molecule has 5 atom stereocenters. The normalized spacial score (nSPS) is 29.3. The van der Waals surface area contributed by atoms with Crippen LogP contribution in [0.15, 0.2) is 42.5 Å². The van der Waals surface area contributed by atoms with Gasteiger partial charge >= 0.3 is 5.97 Å². The average molecular weight is 374 g/mol. The molecule has 5 rings (SSSR count). The molecule has 142 valence electrons. The van der Waals surface area contributed by atoms with Gasteiger partial charge in [-0.1, -0.05) is 12.1 Å². The summed E-state index contributed by atoms with van der Waals surface area (Å²) in [5, 5.41) is 21.8. The molecular weight excluding hydrogens is 352 g/mol. The summed E-state index contributed by atoms with van der Waals surface area (Å²) in [6.45, 7) is 0.0504. The third-order valence-electron chi connectivity index (χ3n) is 6.88. The van der Waals surface area contributed by atoms with Crippen LogP contribution in [-0.4, -0.2) is 17.7 Å². The lowest BCUT2D eigenvalue weighted by Gasteiger charge is -2.43. The first-order valence-corrected chi connectivity index (χ1v) is 9.89. The van der Waals surface area contributed by atoms with Gasteiger partial charge < -0.3 is 15.2 Å². The molecule has 0 spiro atoms. The van der Waals surface area contributed by atoms with E-state index in [0.717, 1.165) is 5.69 Å². The van der Waals surface area contributed by atoms with Crippen LogP contribution in [0.3, 0.4) is 0 Å². The molecule has 1 aliphatic heterocycles. The standard InChI is InChI=1S/C23H22N2O3/c24-9-10-28-17-6-3-13(4-7-17)22-21-15-2-1-14(11-15)20(21)18-12-16(23(26)27)5-8-19(18)25-22/h3-8,12,14-15,20-22,25H,1-2,10-11H2,(H,26,27)/t14-,15-,20-,21-,22-/m0/s1. The van der Waals surface area contributed by atoms with Gasteiger partial charge in [-0.2, -0.15) is 5.26 Å². The Morgan fingerprint density at radius 1 is 1.18 bits per heavy atom. The van der Waals surface area contributed by atoms with E-state index in [0.29, 0.717) is 35.0 Å². The summed E-state index contributed by atoms with van der Waals surface area (Å²) in [4.78, 5) is 11.5. The minimum absolute atomic E-state index is 0.0504. The summed E-state index contributed by atoms with van der Waals surface area (Å²) in [5.41, 5.74) is 3.84. The summed E-state index contributed by atoms with van der Waals surface area (Å²) >= 11 is 0. The minimum atomic E-state index is -0.863. The van der Waals surface area contributed by atoms with Gasteiger partial charge in [0.25, 0.3) is 0 Å². The number of nitriles is 1. The van der Waals surface area contributed by atoms with Gasteiger partial charge in [0.1, 0.15) is 11.8 Å². The van der Waals surface area contributed by atoms with Crippen molar-refractivity contribution in [3.63, 3.8) is 0 Å². The van der Waals surface area contributed by atoms with Gasteiger partial charge in [-0.3, -0.25) is 0 Å². The van der Waals surface area contributed by atoms with Crippen LogP contribution in [0.25, 0.3) is 0 Å². The van der Waals surface area contributed by atoms with E-state index in [-0.39, 0.29) is 12.6 Å². The van der Waals surface area contributed by atoms with E-state index in [1.807, 2.05) is 30.3 Å². The highest BCUT2D eigenvalue weighted by Gasteiger charge is 2.53. The lowest BCUT2D eigenvalue weighted by Crippen LogP contribution is -2.35. The predicted octanol–water partition coefficient (Wildman–Crippen LogP) is 4.58. The van der Waals surface area contributed by atoms with Crippen LogP contribution < -0.4 is 10.1 Å². The number of fused-ring (bicyclic) bond motifs is 7. The Labute approximate surface area is 163 Å². The van der Waals surface area contributed by atoms with E-state index in [9.17, 15) is 9.90 Å². The second-order valence-corrected chi connectivity index (χ2v) is 8.18. The van der Waals surface area contributed by atoms with Crippen LogP contribution >= 0.6 is 0 Å². The van der Waals surface area contributed by atoms with Gasteiger partial charge in [0.05, 0.1) is 11.6 Å². The predicted molar refractivity (Wildman–Crippen MR) is 104 cm³/mol. The average Bonchev–Trinajstić information content (AvgIpc) is 3.34. The molecule has 2 saturated carbocycles. The van der Waals surface area contributed by atoms with Gasteiger partial charge in [-0.25, -0.2) is 4.79 Å². The molecule has 5 heteroatoms. The Morgan fingerprint density at radius 2 is 1.96 bits per heavy atom. The molecule has 0 amide bonds. The number of nitrogens with zero attached hydrogens (tertiary/aromatic N) is 1. The maximum atomic E-state index is 11.5. The molecule has 28 heavy (non-hydrogen) atoms. The van der Waals surface area contributed by atoms with Crippen molar-refractivity contribution in [1.82, 2.24) is 0 Å². The number of aromatic carboxylic acids is 1. The van der Waals surface area contributed by atoms with Crippen LogP contribution in [0.4, 0.5) is 5.69 Å². The largest absolute Gasteiger partial charge is 0.479 e.